The zero-order valence-electron chi connectivity index (χ0n) is 11.3. The molecule has 5 heteroatoms. The molecule has 0 atom stereocenters. The zero-order valence-corrected chi connectivity index (χ0v) is 12.2. The topological polar surface area (TPSA) is 57.6 Å². The minimum atomic E-state index is -1.06. The predicted molar refractivity (Wildman–Crippen MR) is 79.6 cm³/mol. The molecule has 1 amide bonds. The maximum absolute atomic E-state index is 11.9. The van der Waals surface area contributed by atoms with Gasteiger partial charge in [-0.25, -0.2) is 0 Å². The highest BCUT2D eigenvalue weighted by Gasteiger charge is 2.15. The molecule has 1 aromatic carbocycles. The molecule has 0 fully saturated rings. The Hall–Kier alpha value is -1.93. The highest BCUT2D eigenvalue weighted by atomic mass is 32.2. The number of amides is 1. The van der Waals surface area contributed by atoms with Crippen molar-refractivity contribution in [2.75, 3.05) is 18.8 Å². The molecule has 20 heavy (non-hydrogen) atoms. The first-order valence-corrected chi connectivity index (χ1v) is 7.14. The Morgan fingerprint density at radius 3 is 2.55 bits per heavy atom. The molecule has 1 N–H and O–H groups in total. The van der Waals surface area contributed by atoms with Crippen LogP contribution in [-0.2, 0) is 9.59 Å². The van der Waals surface area contributed by atoms with Crippen molar-refractivity contribution in [1.29, 1.82) is 0 Å². The number of aliphatic carboxylic acids is 1. The molecule has 0 aromatic heterocycles. The van der Waals surface area contributed by atoms with Gasteiger partial charge in [-0.15, -0.1) is 18.2 Å². The van der Waals surface area contributed by atoms with Gasteiger partial charge in [-0.1, -0.05) is 23.6 Å². The van der Waals surface area contributed by atoms with E-state index >= 15 is 0 Å². The first kappa shape index (κ1) is 16.1. The van der Waals surface area contributed by atoms with Crippen LogP contribution in [0.25, 0.3) is 0 Å². The van der Waals surface area contributed by atoms with Crippen LogP contribution in [0.4, 0.5) is 0 Å². The second-order valence-electron chi connectivity index (χ2n) is 4.26. The molecule has 0 saturated carbocycles. The predicted octanol–water partition coefficient (Wildman–Crippen LogP) is 2.02. The van der Waals surface area contributed by atoms with Crippen molar-refractivity contribution in [3.05, 3.63) is 29.8 Å². The summed E-state index contributed by atoms with van der Waals surface area (Å²) >= 11 is 1.57. The van der Waals surface area contributed by atoms with Crippen molar-refractivity contribution in [2.45, 2.75) is 18.2 Å². The second kappa shape index (κ2) is 8.28. The van der Waals surface area contributed by atoms with Gasteiger partial charge < -0.3 is 10.0 Å². The molecule has 106 valence electrons. The molecule has 0 aliphatic rings. The first-order chi connectivity index (χ1) is 9.52. The van der Waals surface area contributed by atoms with E-state index in [0.29, 0.717) is 5.75 Å². The van der Waals surface area contributed by atoms with Crippen molar-refractivity contribution >= 4 is 23.6 Å². The third kappa shape index (κ3) is 5.81. The Kier molecular flexibility index (Phi) is 6.68. The quantitative estimate of drug-likeness (QED) is 0.617. The molecular weight excluding hydrogens is 274 g/mol. The Morgan fingerprint density at radius 2 is 2.00 bits per heavy atom. The van der Waals surface area contributed by atoms with Crippen molar-refractivity contribution in [3.8, 4) is 12.3 Å². The maximum atomic E-state index is 11.9. The van der Waals surface area contributed by atoms with Gasteiger partial charge in [0.25, 0.3) is 0 Å². The molecule has 0 spiro atoms. The van der Waals surface area contributed by atoms with E-state index in [2.05, 4.69) is 5.92 Å². The highest BCUT2D eigenvalue weighted by Crippen LogP contribution is 2.19. The van der Waals surface area contributed by atoms with E-state index in [1.54, 1.807) is 11.8 Å². The van der Waals surface area contributed by atoms with Crippen molar-refractivity contribution in [1.82, 2.24) is 4.90 Å². The number of nitrogens with zero attached hydrogens (tertiary/aromatic N) is 1. The average Bonchev–Trinajstić information content (AvgIpc) is 2.40. The number of carbonyl (C=O) groups is 2. The SMILES string of the molecule is C#CCN(CC(=O)O)C(=O)CCSc1ccc(C)cc1. The fraction of sp³-hybridized carbons (Fsp3) is 0.333. The van der Waals surface area contributed by atoms with Crippen LogP contribution in [0.5, 0.6) is 0 Å². The van der Waals surface area contributed by atoms with Crippen LogP contribution in [-0.4, -0.2) is 40.7 Å². The number of rotatable bonds is 7. The van der Waals surface area contributed by atoms with Crippen LogP contribution in [0.2, 0.25) is 0 Å². The molecule has 0 unspecified atom stereocenters. The third-order valence-corrected chi connectivity index (χ3v) is 3.58. The van der Waals surface area contributed by atoms with Crippen LogP contribution < -0.4 is 0 Å². The third-order valence-electron chi connectivity index (χ3n) is 2.57. The van der Waals surface area contributed by atoms with Gasteiger partial charge >= 0.3 is 5.97 Å². The van der Waals surface area contributed by atoms with Crippen LogP contribution in [0.1, 0.15) is 12.0 Å². The fourth-order valence-corrected chi connectivity index (χ4v) is 2.40. The molecule has 0 saturated heterocycles. The van der Waals surface area contributed by atoms with Crippen molar-refractivity contribution in [3.63, 3.8) is 0 Å². The zero-order chi connectivity index (χ0) is 15.0. The van der Waals surface area contributed by atoms with E-state index < -0.39 is 5.97 Å². The van der Waals surface area contributed by atoms with Gasteiger partial charge in [0, 0.05) is 17.1 Å². The van der Waals surface area contributed by atoms with Crippen LogP contribution >= 0.6 is 11.8 Å². The number of carbonyl (C=O) groups excluding carboxylic acids is 1. The molecule has 1 aromatic rings. The molecule has 0 heterocycles. The molecule has 0 radical (unpaired) electrons. The van der Waals surface area contributed by atoms with Gasteiger partial charge in [0.2, 0.25) is 5.91 Å². The molecule has 0 aliphatic heterocycles. The largest absolute Gasteiger partial charge is 0.480 e. The minimum Gasteiger partial charge on any atom is -0.480 e. The van der Waals surface area contributed by atoms with Crippen molar-refractivity contribution in [2.24, 2.45) is 0 Å². The van der Waals surface area contributed by atoms with Gasteiger partial charge in [-0.3, -0.25) is 9.59 Å². The standard InChI is InChI=1S/C15H17NO3S/c1-3-9-16(11-15(18)19)14(17)8-10-20-13-6-4-12(2)5-7-13/h1,4-7H,8-11H2,2H3,(H,18,19). The summed E-state index contributed by atoms with van der Waals surface area (Å²) in [6, 6.07) is 8.03. The molecule has 1 rings (SSSR count). The number of hydrogen-bond acceptors (Lipinski definition) is 3. The Labute approximate surface area is 123 Å². The number of aryl methyl sites for hydroxylation is 1. The molecular formula is C15H17NO3S. The van der Waals surface area contributed by atoms with E-state index in [9.17, 15) is 9.59 Å². The van der Waals surface area contributed by atoms with Crippen LogP contribution in [0.3, 0.4) is 0 Å². The summed E-state index contributed by atoms with van der Waals surface area (Å²) in [5, 5.41) is 8.72. The Balaban J connectivity index is 2.42. The second-order valence-corrected chi connectivity index (χ2v) is 5.43. The van der Waals surface area contributed by atoms with E-state index in [1.165, 1.54) is 10.5 Å². The fourth-order valence-electron chi connectivity index (χ4n) is 1.55. The number of carboxylic acid groups (broad SMARTS) is 1. The number of carboxylic acids is 1. The van der Waals surface area contributed by atoms with Gasteiger partial charge in [0.05, 0.1) is 6.54 Å². The van der Waals surface area contributed by atoms with Gasteiger partial charge in [-0.05, 0) is 19.1 Å². The van der Waals surface area contributed by atoms with Crippen LogP contribution in [0.15, 0.2) is 29.2 Å². The van der Waals surface area contributed by atoms with E-state index in [1.807, 2.05) is 31.2 Å². The summed E-state index contributed by atoms with van der Waals surface area (Å²) in [6.07, 6.45) is 5.41. The summed E-state index contributed by atoms with van der Waals surface area (Å²) < 4.78 is 0. The smallest absolute Gasteiger partial charge is 0.323 e. The van der Waals surface area contributed by atoms with Gasteiger partial charge in [0.1, 0.15) is 6.54 Å². The lowest BCUT2D eigenvalue weighted by Crippen LogP contribution is -2.36. The van der Waals surface area contributed by atoms with Crippen molar-refractivity contribution < 1.29 is 14.7 Å². The lowest BCUT2D eigenvalue weighted by molar-refractivity contribution is -0.143. The number of terminal acetylenes is 1. The van der Waals surface area contributed by atoms with Gasteiger partial charge in [0.15, 0.2) is 0 Å². The summed E-state index contributed by atoms with van der Waals surface area (Å²) in [7, 11) is 0. The average molecular weight is 291 g/mol. The number of benzene rings is 1. The normalized spacial score (nSPS) is 9.80. The monoisotopic (exact) mass is 291 g/mol. The Morgan fingerprint density at radius 1 is 1.35 bits per heavy atom. The number of thioether (sulfide) groups is 1. The Bertz CT molecular complexity index is 505. The van der Waals surface area contributed by atoms with Crippen LogP contribution in [0, 0.1) is 19.3 Å². The molecule has 4 nitrogen and oxygen atoms in total. The minimum absolute atomic E-state index is 0.0281. The summed E-state index contributed by atoms with van der Waals surface area (Å²) in [5.74, 6) is 1.62. The van der Waals surface area contributed by atoms with E-state index in [0.717, 1.165) is 4.90 Å². The lowest BCUT2D eigenvalue weighted by atomic mass is 10.2. The summed E-state index contributed by atoms with van der Waals surface area (Å²) in [4.78, 5) is 24.8. The first-order valence-electron chi connectivity index (χ1n) is 6.15. The summed E-state index contributed by atoms with van der Waals surface area (Å²) in [5.41, 5.74) is 1.19. The van der Waals surface area contributed by atoms with E-state index in [4.69, 9.17) is 11.5 Å². The van der Waals surface area contributed by atoms with Gasteiger partial charge in [-0.2, -0.15) is 0 Å². The maximum Gasteiger partial charge on any atom is 0.323 e. The lowest BCUT2D eigenvalue weighted by Gasteiger charge is -2.17. The highest BCUT2D eigenvalue weighted by molar-refractivity contribution is 7.99. The number of hydrogen-bond donors (Lipinski definition) is 1. The molecule has 0 bridgehead atoms. The van der Waals surface area contributed by atoms with E-state index in [-0.39, 0.29) is 25.4 Å². The molecule has 0 aliphatic carbocycles. The summed E-state index contributed by atoms with van der Waals surface area (Å²) in [6.45, 7) is 1.69.